The minimum Gasteiger partial charge on any atom is -0.485 e. The molecule has 1 atom stereocenters. The van der Waals surface area contributed by atoms with Crippen molar-refractivity contribution in [3.8, 4) is 11.5 Å². The molecule has 2 heterocycles. The Morgan fingerprint density at radius 2 is 1.52 bits per heavy atom. The summed E-state index contributed by atoms with van der Waals surface area (Å²) in [5, 5.41) is 0.437. The average molecular weight is 387 g/mol. The highest BCUT2D eigenvalue weighted by molar-refractivity contribution is 6.33. The number of rotatable bonds is 2. The first kappa shape index (κ1) is 17.7. The first-order chi connectivity index (χ1) is 13.1. The molecule has 1 saturated heterocycles. The van der Waals surface area contributed by atoms with Crippen molar-refractivity contribution in [2.45, 2.75) is 6.10 Å². The Labute approximate surface area is 162 Å². The van der Waals surface area contributed by atoms with Crippen LogP contribution in [0.3, 0.4) is 0 Å². The molecule has 1 unspecified atom stereocenters. The summed E-state index contributed by atoms with van der Waals surface area (Å²) in [6.45, 7) is 2.02. The summed E-state index contributed by atoms with van der Waals surface area (Å²) in [5.41, 5.74) is 0.486. The molecule has 2 amide bonds. The van der Waals surface area contributed by atoms with Gasteiger partial charge in [-0.1, -0.05) is 35.9 Å². The molecule has 2 aromatic rings. The lowest BCUT2D eigenvalue weighted by molar-refractivity contribution is -0.142. The van der Waals surface area contributed by atoms with Gasteiger partial charge in [-0.25, -0.2) is 0 Å². The van der Waals surface area contributed by atoms with Crippen LogP contribution < -0.4 is 9.47 Å². The molecule has 0 aliphatic carbocycles. The number of piperazine rings is 1. The number of carbonyl (C=O) groups is 2. The summed E-state index contributed by atoms with van der Waals surface area (Å²) < 4.78 is 11.4. The van der Waals surface area contributed by atoms with E-state index in [1.54, 1.807) is 40.1 Å². The molecule has 4 rings (SSSR count). The SMILES string of the molecule is O=C(c1ccccc1Cl)N1CCN(C(=O)C2COc3ccccc3O2)CC1. The predicted octanol–water partition coefficient (Wildman–Crippen LogP) is 2.46. The summed E-state index contributed by atoms with van der Waals surface area (Å²) in [6, 6.07) is 14.3. The Morgan fingerprint density at radius 3 is 2.26 bits per heavy atom. The highest BCUT2D eigenvalue weighted by Crippen LogP contribution is 2.31. The van der Waals surface area contributed by atoms with Gasteiger partial charge in [0, 0.05) is 26.2 Å². The van der Waals surface area contributed by atoms with Crippen molar-refractivity contribution < 1.29 is 19.1 Å². The highest BCUT2D eigenvalue weighted by atomic mass is 35.5. The van der Waals surface area contributed by atoms with Crippen LogP contribution in [0.15, 0.2) is 48.5 Å². The zero-order valence-electron chi connectivity index (χ0n) is 14.6. The second kappa shape index (κ2) is 7.48. The molecule has 0 spiro atoms. The lowest BCUT2D eigenvalue weighted by Gasteiger charge is -2.37. The van der Waals surface area contributed by atoms with Crippen molar-refractivity contribution in [2.75, 3.05) is 32.8 Å². The van der Waals surface area contributed by atoms with E-state index in [0.717, 1.165) is 0 Å². The maximum atomic E-state index is 12.8. The first-order valence-corrected chi connectivity index (χ1v) is 9.22. The normalized spacial score (nSPS) is 18.9. The number of nitrogens with zero attached hydrogens (tertiary/aromatic N) is 2. The van der Waals surface area contributed by atoms with Gasteiger partial charge >= 0.3 is 0 Å². The molecular formula is C20H19ClN2O4. The molecule has 2 aliphatic heterocycles. The Balaban J connectivity index is 1.36. The van der Waals surface area contributed by atoms with Gasteiger partial charge in [0.25, 0.3) is 11.8 Å². The molecule has 0 aromatic heterocycles. The quantitative estimate of drug-likeness (QED) is 0.795. The summed E-state index contributed by atoms with van der Waals surface area (Å²) in [4.78, 5) is 28.8. The molecule has 0 saturated carbocycles. The van der Waals surface area contributed by atoms with Crippen LogP contribution in [-0.4, -0.2) is 60.5 Å². The molecule has 1 fully saturated rings. The van der Waals surface area contributed by atoms with E-state index in [1.807, 2.05) is 18.2 Å². The van der Waals surface area contributed by atoms with E-state index in [-0.39, 0.29) is 18.4 Å². The highest BCUT2D eigenvalue weighted by Gasteiger charge is 2.33. The first-order valence-electron chi connectivity index (χ1n) is 8.84. The second-order valence-corrected chi connectivity index (χ2v) is 6.87. The fraction of sp³-hybridized carbons (Fsp3) is 0.300. The zero-order valence-corrected chi connectivity index (χ0v) is 15.4. The van der Waals surface area contributed by atoms with Gasteiger partial charge in [0.15, 0.2) is 11.5 Å². The van der Waals surface area contributed by atoms with E-state index >= 15 is 0 Å². The van der Waals surface area contributed by atoms with Gasteiger partial charge in [0.05, 0.1) is 10.6 Å². The van der Waals surface area contributed by atoms with Gasteiger partial charge in [-0.2, -0.15) is 0 Å². The van der Waals surface area contributed by atoms with Crippen molar-refractivity contribution >= 4 is 23.4 Å². The van der Waals surface area contributed by atoms with Crippen LogP contribution in [-0.2, 0) is 4.79 Å². The molecule has 27 heavy (non-hydrogen) atoms. The van der Waals surface area contributed by atoms with Gasteiger partial charge in [0.1, 0.15) is 6.61 Å². The molecule has 2 aliphatic rings. The molecule has 0 bridgehead atoms. The minimum absolute atomic E-state index is 0.112. The van der Waals surface area contributed by atoms with E-state index < -0.39 is 6.10 Å². The molecule has 0 radical (unpaired) electrons. The van der Waals surface area contributed by atoms with E-state index in [0.29, 0.717) is 48.3 Å². The Kier molecular flexibility index (Phi) is 4.90. The summed E-state index contributed by atoms with van der Waals surface area (Å²) in [7, 11) is 0. The number of carbonyl (C=O) groups excluding carboxylic acids is 2. The third-order valence-corrected chi connectivity index (χ3v) is 5.10. The maximum Gasteiger partial charge on any atom is 0.267 e. The van der Waals surface area contributed by atoms with Gasteiger partial charge in [-0.05, 0) is 24.3 Å². The molecule has 2 aromatic carbocycles. The number of hydrogen-bond acceptors (Lipinski definition) is 4. The van der Waals surface area contributed by atoms with Crippen LogP contribution >= 0.6 is 11.6 Å². The topological polar surface area (TPSA) is 59.1 Å². The summed E-state index contributed by atoms with van der Waals surface area (Å²) >= 11 is 6.12. The zero-order chi connectivity index (χ0) is 18.8. The predicted molar refractivity (Wildman–Crippen MR) is 100 cm³/mol. The average Bonchev–Trinajstić information content (AvgIpc) is 2.73. The third-order valence-electron chi connectivity index (χ3n) is 4.77. The van der Waals surface area contributed by atoms with Crippen LogP contribution in [0.1, 0.15) is 10.4 Å². The van der Waals surface area contributed by atoms with Crippen LogP contribution in [0.5, 0.6) is 11.5 Å². The molecule has 6 nitrogen and oxygen atoms in total. The lowest BCUT2D eigenvalue weighted by Crippen LogP contribution is -2.55. The molecule has 0 N–H and O–H groups in total. The fourth-order valence-corrected chi connectivity index (χ4v) is 3.50. The second-order valence-electron chi connectivity index (χ2n) is 6.46. The summed E-state index contributed by atoms with van der Waals surface area (Å²) in [6.07, 6.45) is -0.661. The van der Waals surface area contributed by atoms with Crippen LogP contribution in [0.2, 0.25) is 5.02 Å². The van der Waals surface area contributed by atoms with Crippen LogP contribution in [0, 0.1) is 0 Å². The smallest absolute Gasteiger partial charge is 0.267 e. The van der Waals surface area contributed by atoms with Crippen molar-refractivity contribution in [1.29, 1.82) is 0 Å². The van der Waals surface area contributed by atoms with E-state index in [1.165, 1.54) is 0 Å². The molecule has 140 valence electrons. The van der Waals surface area contributed by atoms with Crippen molar-refractivity contribution in [3.05, 3.63) is 59.1 Å². The van der Waals surface area contributed by atoms with Crippen LogP contribution in [0.25, 0.3) is 0 Å². The maximum absolute atomic E-state index is 12.8. The van der Waals surface area contributed by atoms with E-state index in [9.17, 15) is 9.59 Å². The standard InChI is InChI=1S/C20H19ClN2O4/c21-15-6-2-1-5-14(15)19(24)22-9-11-23(12-10-22)20(25)18-13-26-16-7-3-4-8-17(16)27-18/h1-8,18H,9-13H2. The molecule has 7 heteroatoms. The number of hydrogen-bond donors (Lipinski definition) is 0. The fourth-order valence-electron chi connectivity index (χ4n) is 3.28. The number of halogens is 1. The van der Waals surface area contributed by atoms with E-state index in [4.69, 9.17) is 21.1 Å². The van der Waals surface area contributed by atoms with Gasteiger partial charge in [-0.15, -0.1) is 0 Å². The number of para-hydroxylation sites is 2. The number of ether oxygens (including phenoxy) is 2. The van der Waals surface area contributed by atoms with Gasteiger partial charge < -0.3 is 19.3 Å². The minimum atomic E-state index is -0.661. The van der Waals surface area contributed by atoms with Gasteiger partial charge in [-0.3, -0.25) is 9.59 Å². The van der Waals surface area contributed by atoms with Crippen molar-refractivity contribution in [1.82, 2.24) is 9.80 Å². The lowest BCUT2D eigenvalue weighted by atomic mass is 10.1. The Hall–Kier alpha value is -2.73. The Morgan fingerprint density at radius 1 is 0.889 bits per heavy atom. The van der Waals surface area contributed by atoms with E-state index in [2.05, 4.69) is 0 Å². The van der Waals surface area contributed by atoms with Crippen molar-refractivity contribution in [3.63, 3.8) is 0 Å². The summed E-state index contributed by atoms with van der Waals surface area (Å²) in [5.74, 6) is 1.000. The molecular weight excluding hydrogens is 368 g/mol. The Bertz CT molecular complexity index is 865. The third kappa shape index (κ3) is 3.57. The number of fused-ring (bicyclic) bond motifs is 1. The van der Waals surface area contributed by atoms with Crippen LogP contribution in [0.4, 0.5) is 0 Å². The largest absolute Gasteiger partial charge is 0.485 e. The van der Waals surface area contributed by atoms with Crippen molar-refractivity contribution in [2.24, 2.45) is 0 Å². The number of amides is 2. The number of benzene rings is 2. The van der Waals surface area contributed by atoms with Gasteiger partial charge in [0.2, 0.25) is 6.10 Å². The monoisotopic (exact) mass is 386 g/mol.